The van der Waals surface area contributed by atoms with Crippen molar-refractivity contribution in [3.8, 4) is 0 Å². The molecule has 1 saturated carbocycles. The lowest BCUT2D eigenvalue weighted by molar-refractivity contribution is 0.0944. The highest BCUT2D eigenvalue weighted by Crippen LogP contribution is 2.24. The molecule has 0 spiro atoms. The second kappa shape index (κ2) is 5.87. The fraction of sp³-hybridized carbons (Fsp3) is 0.500. The number of hydrogen-bond acceptors (Lipinski definition) is 3. The van der Waals surface area contributed by atoms with Gasteiger partial charge in [0.05, 0.1) is 16.7 Å². The molecule has 4 nitrogen and oxygen atoms in total. The number of carbonyl (C=O) groups is 1. The maximum absolute atomic E-state index is 11.8. The van der Waals surface area contributed by atoms with Crippen molar-refractivity contribution in [3.05, 3.63) is 28.0 Å². The number of rotatable bonds is 3. The molecule has 0 radical (unpaired) electrons. The van der Waals surface area contributed by atoms with Crippen molar-refractivity contribution >= 4 is 29.1 Å². The summed E-state index contributed by atoms with van der Waals surface area (Å²) in [6.07, 6.45) is 3.68. The summed E-state index contributed by atoms with van der Waals surface area (Å²) in [6, 6.07) is 1.50. The molecule has 98 valence electrons. The lowest BCUT2D eigenvalue weighted by Crippen LogP contribution is -2.28. The average Bonchev–Trinajstić information content (AvgIpc) is 2.75. The van der Waals surface area contributed by atoms with Crippen molar-refractivity contribution in [2.75, 3.05) is 6.54 Å². The van der Waals surface area contributed by atoms with Crippen LogP contribution in [0.25, 0.3) is 0 Å². The maximum Gasteiger partial charge on any atom is 0.252 e. The van der Waals surface area contributed by atoms with Gasteiger partial charge >= 0.3 is 0 Å². The van der Waals surface area contributed by atoms with E-state index in [1.54, 1.807) is 0 Å². The second-order valence-corrected chi connectivity index (χ2v) is 5.30. The van der Waals surface area contributed by atoms with Crippen LogP contribution < -0.4 is 5.32 Å². The molecule has 1 aromatic heterocycles. The number of carbonyl (C=O) groups excluding carboxylic acids is 1. The van der Waals surface area contributed by atoms with E-state index in [1.807, 2.05) is 0 Å². The number of hydrogen-bond donors (Lipinski definition) is 2. The van der Waals surface area contributed by atoms with E-state index < -0.39 is 0 Å². The van der Waals surface area contributed by atoms with Crippen LogP contribution in [0, 0.1) is 5.92 Å². The molecule has 2 rings (SSSR count). The van der Waals surface area contributed by atoms with Crippen molar-refractivity contribution in [1.29, 1.82) is 0 Å². The SMILES string of the molecule is O=C(NCC1CCC(O)C1)c1cnc(Cl)c(Cl)c1. The summed E-state index contributed by atoms with van der Waals surface area (Å²) in [5, 5.41) is 12.7. The highest BCUT2D eigenvalue weighted by atomic mass is 35.5. The van der Waals surface area contributed by atoms with Gasteiger partial charge in [0.1, 0.15) is 5.15 Å². The van der Waals surface area contributed by atoms with E-state index in [0.717, 1.165) is 19.3 Å². The van der Waals surface area contributed by atoms with Gasteiger partial charge in [-0.25, -0.2) is 4.98 Å². The van der Waals surface area contributed by atoms with Crippen molar-refractivity contribution < 1.29 is 9.90 Å². The lowest BCUT2D eigenvalue weighted by Gasteiger charge is -2.11. The highest BCUT2D eigenvalue weighted by Gasteiger charge is 2.23. The molecule has 1 aromatic rings. The summed E-state index contributed by atoms with van der Waals surface area (Å²) in [4.78, 5) is 15.7. The molecular weight excluding hydrogens is 275 g/mol. The van der Waals surface area contributed by atoms with E-state index in [2.05, 4.69) is 10.3 Å². The molecule has 0 aromatic carbocycles. The number of aliphatic hydroxyl groups is 1. The van der Waals surface area contributed by atoms with E-state index >= 15 is 0 Å². The average molecular weight is 289 g/mol. The van der Waals surface area contributed by atoms with Gasteiger partial charge in [-0.2, -0.15) is 0 Å². The number of nitrogens with one attached hydrogen (secondary N) is 1. The summed E-state index contributed by atoms with van der Waals surface area (Å²) in [7, 11) is 0. The van der Waals surface area contributed by atoms with Gasteiger partial charge in [-0.15, -0.1) is 0 Å². The van der Waals surface area contributed by atoms with Crippen molar-refractivity contribution in [2.45, 2.75) is 25.4 Å². The standard InChI is InChI=1S/C12H14Cl2N2O2/c13-10-4-8(6-15-11(10)14)12(18)16-5-7-1-2-9(17)3-7/h4,6-7,9,17H,1-3,5H2,(H,16,18). The van der Waals surface area contributed by atoms with E-state index in [-0.39, 0.29) is 22.2 Å². The van der Waals surface area contributed by atoms with Crippen LogP contribution in [0.4, 0.5) is 0 Å². The van der Waals surface area contributed by atoms with Crippen LogP contribution in [0.15, 0.2) is 12.3 Å². The molecule has 1 heterocycles. The van der Waals surface area contributed by atoms with Gasteiger partial charge in [0, 0.05) is 12.7 Å². The molecular formula is C12H14Cl2N2O2. The van der Waals surface area contributed by atoms with Gasteiger partial charge in [-0.3, -0.25) is 4.79 Å². The van der Waals surface area contributed by atoms with Gasteiger partial charge in [0.15, 0.2) is 0 Å². The largest absolute Gasteiger partial charge is 0.393 e. The molecule has 1 fully saturated rings. The molecule has 18 heavy (non-hydrogen) atoms. The molecule has 0 aliphatic heterocycles. The van der Waals surface area contributed by atoms with Crippen molar-refractivity contribution in [1.82, 2.24) is 10.3 Å². The van der Waals surface area contributed by atoms with Crippen LogP contribution in [-0.2, 0) is 0 Å². The van der Waals surface area contributed by atoms with Crippen LogP contribution >= 0.6 is 23.2 Å². The first-order chi connectivity index (χ1) is 8.56. The van der Waals surface area contributed by atoms with Crippen LogP contribution in [0.2, 0.25) is 10.2 Å². The van der Waals surface area contributed by atoms with Crippen molar-refractivity contribution in [2.24, 2.45) is 5.92 Å². The predicted octanol–water partition coefficient (Wildman–Crippen LogP) is 2.28. The van der Waals surface area contributed by atoms with Crippen LogP contribution in [0.1, 0.15) is 29.6 Å². The first-order valence-electron chi connectivity index (χ1n) is 5.83. The van der Waals surface area contributed by atoms with E-state index in [0.29, 0.717) is 18.0 Å². The quantitative estimate of drug-likeness (QED) is 0.839. The minimum atomic E-state index is -0.224. The Labute approximate surface area is 115 Å². The first-order valence-corrected chi connectivity index (χ1v) is 6.59. The van der Waals surface area contributed by atoms with Gasteiger partial charge in [-0.05, 0) is 31.2 Å². The Morgan fingerprint density at radius 2 is 2.28 bits per heavy atom. The molecule has 2 N–H and O–H groups in total. The Morgan fingerprint density at radius 1 is 1.50 bits per heavy atom. The molecule has 1 aliphatic carbocycles. The fourth-order valence-corrected chi connectivity index (χ4v) is 2.39. The Morgan fingerprint density at radius 3 is 2.89 bits per heavy atom. The third-order valence-corrected chi connectivity index (χ3v) is 3.81. The number of halogens is 2. The minimum Gasteiger partial charge on any atom is -0.393 e. The molecule has 0 saturated heterocycles. The molecule has 1 aliphatic rings. The second-order valence-electron chi connectivity index (χ2n) is 4.54. The number of aromatic nitrogens is 1. The normalized spacial score (nSPS) is 23.1. The minimum absolute atomic E-state index is 0.187. The summed E-state index contributed by atoms with van der Waals surface area (Å²) in [5.41, 5.74) is 0.392. The molecule has 2 unspecified atom stereocenters. The topological polar surface area (TPSA) is 62.2 Å². The Hall–Kier alpha value is -0.840. The van der Waals surface area contributed by atoms with E-state index in [1.165, 1.54) is 12.3 Å². The van der Waals surface area contributed by atoms with Gasteiger partial charge in [0.25, 0.3) is 5.91 Å². The maximum atomic E-state index is 11.8. The van der Waals surface area contributed by atoms with Crippen LogP contribution in [0.5, 0.6) is 0 Å². The highest BCUT2D eigenvalue weighted by molar-refractivity contribution is 6.41. The summed E-state index contributed by atoms with van der Waals surface area (Å²) >= 11 is 11.5. The summed E-state index contributed by atoms with van der Waals surface area (Å²) < 4.78 is 0. The number of nitrogens with zero attached hydrogens (tertiary/aromatic N) is 1. The smallest absolute Gasteiger partial charge is 0.252 e. The zero-order valence-corrected chi connectivity index (χ0v) is 11.2. The van der Waals surface area contributed by atoms with Crippen LogP contribution in [-0.4, -0.2) is 28.6 Å². The zero-order chi connectivity index (χ0) is 13.1. The molecule has 0 bridgehead atoms. The van der Waals surface area contributed by atoms with E-state index in [9.17, 15) is 9.90 Å². The Bertz CT molecular complexity index is 454. The molecule has 1 amide bonds. The van der Waals surface area contributed by atoms with Gasteiger partial charge in [-0.1, -0.05) is 23.2 Å². The summed E-state index contributed by atoms with van der Waals surface area (Å²) in [6.45, 7) is 0.566. The predicted molar refractivity (Wildman–Crippen MR) is 69.9 cm³/mol. The third-order valence-electron chi connectivity index (χ3n) is 3.12. The molecule has 2 atom stereocenters. The Balaban J connectivity index is 1.89. The Kier molecular flexibility index (Phi) is 4.43. The number of pyridine rings is 1. The van der Waals surface area contributed by atoms with E-state index in [4.69, 9.17) is 23.2 Å². The summed E-state index contributed by atoms with van der Waals surface area (Å²) in [5.74, 6) is 0.127. The third kappa shape index (κ3) is 3.34. The fourth-order valence-electron chi connectivity index (χ4n) is 2.12. The van der Waals surface area contributed by atoms with Crippen LogP contribution in [0.3, 0.4) is 0 Å². The van der Waals surface area contributed by atoms with Crippen molar-refractivity contribution in [3.63, 3.8) is 0 Å². The van der Waals surface area contributed by atoms with Gasteiger partial charge < -0.3 is 10.4 Å². The number of aliphatic hydroxyl groups excluding tert-OH is 1. The molecule has 6 heteroatoms. The lowest BCUT2D eigenvalue weighted by atomic mass is 10.1. The zero-order valence-electron chi connectivity index (χ0n) is 9.70. The number of amides is 1. The first kappa shape index (κ1) is 13.6. The monoisotopic (exact) mass is 288 g/mol. The van der Waals surface area contributed by atoms with Gasteiger partial charge in [0.2, 0.25) is 0 Å².